The normalized spacial score (nSPS) is 13.8. The molecule has 0 radical (unpaired) electrons. The van der Waals surface area contributed by atoms with E-state index in [1.807, 2.05) is 6.92 Å². The fraction of sp³-hybridized carbons (Fsp3) is 0.786. The monoisotopic (exact) mass is 316 g/mol. The van der Waals surface area contributed by atoms with Crippen molar-refractivity contribution in [3.63, 3.8) is 0 Å². The van der Waals surface area contributed by atoms with Crippen molar-refractivity contribution in [3.8, 4) is 0 Å². The largest absolute Gasteiger partial charge is 0.317 e. The molecule has 1 rings (SSSR count). The van der Waals surface area contributed by atoms with Gasteiger partial charge in [0.2, 0.25) is 10.0 Å². The summed E-state index contributed by atoms with van der Waals surface area (Å²) in [7, 11) is -1.80. The van der Waals surface area contributed by atoms with Gasteiger partial charge in [0.25, 0.3) is 0 Å². The molecule has 0 aliphatic rings. The second-order valence-electron chi connectivity index (χ2n) is 5.31. The first kappa shape index (κ1) is 18.1. The van der Waals surface area contributed by atoms with Crippen LogP contribution in [0.1, 0.15) is 40.0 Å². The van der Waals surface area contributed by atoms with Crippen molar-refractivity contribution in [2.75, 3.05) is 20.1 Å². The van der Waals surface area contributed by atoms with Crippen LogP contribution in [-0.2, 0) is 16.6 Å². The third kappa shape index (κ3) is 5.09. The van der Waals surface area contributed by atoms with Crippen LogP contribution in [0.5, 0.6) is 0 Å². The van der Waals surface area contributed by atoms with Crippen LogP contribution in [0.4, 0.5) is 0 Å². The quantitative estimate of drug-likeness (QED) is 0.667. The van der Waals surface area contributed by atoms with Crippen LogP contribution < -0.4 is 5.32 Å². The van der Waals surface area contributed by atoms with Gasteiger partial charge in [0.15, 0.2) is 0 Å². The topological polar surface area (TPSA) is 67.2 Å². The molecular formula is C14H28N4O2S. The maximum Gasteiger partial charge on any atom is 0.246 e. The maximum atomic E-state index is 12.5. The standard InChI is InChI=1S/C14H28N4O2S/c1-5-8-13(3)17(4)21(19,20)14-11-16-18(12-14)10-7-9-15-6-2/h11-13,15H,5-10H2,1-4H3. The minimum Gasteiger partial charge on any atom is -0.317 e. The average molecular weight is 316 g/mol. The Morgan fingerprint density at radius 2 is 2.14 bits per heavy atom. The highest BCUT2D eigenvalue weighted by Gasteiger charge is 2.26. The molecule has 6 nitrogen and oxygen atoms in total. The number of hydrogen-bond donors (Lipinski definition) is 1. The Bertz CT molecular complexity index is 513. The summed E-state index contributed by atoms with van der Waals surface area (Å²) in [5.74, 6) is 0. The first-order valence-electron chi connectivity index (χ1n) is 7.64. The van der Waals surface area contributed by atoms with Crippen molar-refractivity contribution in [1.82, 2.24) is 19.4 Å². The Balaban J connectivity index is 2.69. The van der Waals surface area contributed by atoms with Gasteiger partial charge in [0, 0.05) is 25.8 Å². The number of aryl methyl sites for hydroxylation is 1. The molecule has 0 saturated heterocycles. The highest BCUT2D eigenvalue weighted by Crippen LogP contribution is 2.17. The first-order chi connectivity index (χ1) is 9.93. The summed E-state index contributed by atoms with van der Waals surface area (Å²) in [6.07, 6.45) is 5.81. The molecule has 1 aromatic rings. The van der Waals surface area contributed by atoms with E-state index in [1.54, 1.807) is 17.9 Å². The lowest BCUT2D eigenvalue weighted by Crippen LogP contribution is -2.34. The minimum atomic E-state index is -3.44. The van der Waals surface area contributed by atoms with Crippen LogP contribution in [0.25, 0.3) is 0 Å². The maximum absolute atomic E-state index is 12.5. The zero-order valence-corrected chi connectivity index (χ0v) is 14.4. The Morgan fingerprint density at radius 3 is 2.76 bits per heavy atom. The summed E-state index contributed by atoms with van der Waals surface area (Å²) >= 11 is 0. The lowest BCUT2D eigenvalue weighted by atomic mass is 10.2. The molecule has 0 amide bonds. The fourth-order valence-corrected chi connectivity index (χ4v) is 3.49. The van der Waals surface area contributed by atoms with Crippen molar-refractivity contribution in [3.05, 3.63) is 12.4 Å². The molecule has 1 N–H and O–H groups in total. The summed E-state index contributed by atoms with van der Waals surface area (Å²) in [6.45, 7) is 8.62. The van der Waals surface area contributed by atoms with Crippen molar-refractivity contribution in [2.24, 2.45) is 0 Å². The smallest absolute Gasteiger partial charge is 0.246 e. The number of nitrogens with one attached hydrogen (secondary N) is 1. The van der Waals surface area contributed by atoms with E-state index in [0.29, 0.717) is 0 Å². The molecule has 0 aliphatic heterocycles. The molecule has 0 spiro atoms. The molecule has 0 saturated carbocycles. The molecular weight excluding hydrogens is 288 g/mol. The molecule has 21 heavy (non-hydrogen) atoms. The number of hydrogen-bond acceptors (Lipinski definition) is 4. The zero-order chi connectivity index (χ0) is 15.9. The van der Waals surface area contributed by atoms with Crippen LogP contribution in [-0.4, -0.2) is 48.7 Å². The summed E-state index contributed by atoms with van der Waals surface area (Å²) < 4.78 is 28.1. The second kappa shape index (κ2) is 8.51. The van der Waals surface area contributed by atoms with Gasteiger partial charge in [-0.1, -0.05) is 20.3 Å². The predicted octanol–water partition coefficient (Wildman–Crippen LogP) is 1.69. The molecule has 122 valence electrons. The van der Waals surface area contributed by atoms with E-state index in [4.69, 9.17) is 0 Å². The van der Waals surface area contributed by atoms with Gasteiger partial charge in [-0.25, -0.2) is 8.42 Å². The summed E-state index contributed by atoms with van der Waals surface area (Å²) in [4.78, 5) is 0.274. The van der Waals surface area contributed by atoms with Crippen molar-refractivity contribution in [1.29, 1.82) is 0 Å². The molecule has 0 aliphatic carbocycles. The number of nitrogens with zero attached hydrogens (tertiary/aromatic N) is 3. The van der Waals surface area contributed by atoms with Gasteiger partial charge >= 0.3 is 0 Å². The number of rotatable bonds is 10. The Kier molecular flexibility index (Phi) is 7.34. The zero-order valence-electron chi connectivity index (χ0n) is 13.5. The van der Waals surface area contributed by atoms with Gasteiger partial charge < -0.3 is 5.32 Å². The fourth-order valence-electron chi connectivity index (χ4n) is 2.15. The number of sulfonamides is 1. The molecule has 1 unspecified atom stereocenters. The van der Waals surface area contributed by atoms with Gasteiger partial charge in [-0.3, -0.25) is 4.68 Å². The first-order valence-corrected chi connectivity index (χ1v) is 9.08. The predicted molar refractivity (Wildman–Crippen MR) is 84.7 cm³/mol. The SMILES string of the molecule is CCCC(C)N(C)S(=O)(=O)c1cnn(CCCNCC)c1. The van der Waals surface area contributed by atoms with E-state index >= 15 is 0 Å². The molecule has 0 aromatic carbocycles. The highest BCUT2D eigenvalue weighted by molar-refractivity contribution is 7.89. The van der Waals surface area contributed by atoms with Crippen LogP contribution in [0.2, 0.25) is 0 Å². The van der Waals surface area contributed by atoms with E-state index in [-0.39, 0.29) is 10.9 Å². The van der Waals surface area contributed by atoms with E-state index in [0.717, 1.165) is 38.9 Å². The van der Waals surface area contributed by atoms with Crippen LogP contribution in [0.15, 0.2) is 17.3 Å². The second-order valence-corrected chi connectivity index (χ2v) is 7.30. The third-order valence-electron chi connectivity index (χ3n) is 3.60. The average Bonchev–Trinajstić information content (AvgIpc) is 2.92. The van der Waals surface area contributed by atoms with Gasteiger partial charge in [0.05, 0.1) is 6.20 Å². The highest BCUT2D eigenvalue weighted by atomic mass is 32.2. The van der Waals surface area contributed by atoms with Crippen molar-refractivity contribution < 1.29 is 8.42 Å². The Morgan fingerprint density at radius 1 is 1.43 bits per heavy atom. The van der Waals surface area contributed by atoms with E-state index in [9.17, 15) is 8.42 Å². The summed E-state index contributed by atoms with van der Waals surface area (Å²) in [5, 5.41) is 7.39. The molecule has 1 aromatic heterocycles. The van der Waals surface area contributed by atoms with E-state index in [2.05, 4.69) is 24.3 Å². The van der Waals surface area contributed by atoms with Gasteiger partial charge in [-0.2, -0.15) is 9.40 Å². The van der Waals surface area contributed by atoms with Crippen LogP contribution in [0, 0.1) is 0 Å². The molecule has 7 heteroatoms. The molecule has 1 heterocycles. The van der Waals surface area contributed by atoms with E-state index in [1.165, 1.54) is 10.5 Å². The summed E-state index contributed by atoms with van der Waals surface area (Å²) in [6, 6.07) is -0.00268. The number of aromatic nitrogens is 2. The molecule has 1 atom stereocenters. The van der Waals surface area contributed by atoms with Crippen molar-refractivity contribution in [2.45, 2.75) is 57.5 Å². The van der Waals surface area contributed by atoms with Crippen molar-refractivity contribution >= 4 is 10.0 Å². The lowest BCUT2D eigenvalue weighted by molar-refractivity contribution is 0.368. The lowest BCUT2D eigenvalue weighted by Gasteiger charge is -2.23. The van der Waals surface area contributed by atoms with Gasteiger partial charge in [0.1, 0.15) is 4.90 Å². The summed E-state index contributed by atoms with van der Waals surface area (Å²) in [5.41, 5.74) is 0. The van der Waals surface area contributed by atoms with Crippen LogP contribution >= 0.6 is 0 Å². The Labute approximate surface area is 128 Å². The van der Waals surface area contributed by atoms with Gasteiger partial charge in [-0.05, 0) is 32.9 Å². The molecule has 0 bridgehead atoms. The minimum absolute atomic E-state index is 0.00268. The third-order valence-corrected chi connectivity index (χ3v) is 5.53. The van der Waals surface area contributed by atoms with Crippen LogP contribution in [0.3, 0.4) is 0 Å². The van der Waals surface area contributed by atoms with E-state index < -0.39 is 10.0 Å². The molecule has 0 fully saturated rings. The van der Waals surface area contributed by atoms with Gasteiger partial charge in [-0.15, -0.1) is 0 Å². The Hall–Kier alpha value is -0.920.